The Balaban J connectivity index is 2.66. The molecular formula is C14H22N2O. The Labute approximate surface area is 104 Å². The number of amides is 1. The fourth-order valence-corrected chi connectivity index (χ4v) is 1.40. The zero-order valence-corrected chi connectivity index (χ0v) is 11.3. The first-order valence-electron chi connectivity index (χ1n) is 6.00. The van der Waals surface area contributed by atoms with Crippen LogP contribution < -0.4 is 10.2 Å². The highest BCUT2D eigenvalue weighted by atomic mass is 16.1. The molecule has 17 heavy (non-hydrogen) atoms. The number of carbonyl (C=O) groups is 1. The highest BCUT2D eigenvalue weighted by Gasteiger charge is 2.16. The third-order valence-corrected chi connectivity index (χ3v) is 3.06. The molecule has 1 N–H and O–H groups in total. The molecule has 1 aromatic rings. The van der Waals surface area contributed by atoms with E-state index in [-0.39, 0.29) is 11.8 Å². The molecule has 1 amide bonds. The predicted molar refractivity (Wildman–Crippen MR) is 73.4 cm³/mol. The second-order valence-electron chi connectivity index (χ2n) is 4.96. The smallest absolute Gasteiger partial charge is 0.227 e. The molecule has 0 radical (unpaired) electrons. The van der Waals surface area contributed by atoms with Crippen LogP contribution in [0.5, 0.6) is 0 Å². The average Bonchev–Trinajstić information content (AvgIpc) is 2.28. The second-order valence-corrected chi connectivity index (χ2v) is 4.96. The summed E-state index contributed by atoms with van der Waals surface area (Å²) < 4.78 is 0. The van der Waals surface area contributed by atoms with Crippen LogP contribution in [0.15, 0.2) is 24.3 Å². The maximum atomic E-state index is 11.9. The Hall–Kier alpha value is -1.51. The number of nitrogens with zero attached hydrogens (tertiary/aromatic N) is 1. The Morgan fingerprint density at radius 1 is 1.12 bits per heavy atom. The summed E-state index contributed by atoms with van der Waals surface area (Å²) in [5.74, 6) is 0.470. The lowest BCUT2D eigenvalue weighted by molar-refractivity contribution is -0.120. The Kier molecular flexibility index (Phi) is 4.55. The summed E-state index contributed by atoms with van der Waals surface area (Å²) in [6.07, 6.45) is 0. The summed E-state index contributed by atoms with van der Waals surface area (Å²) in [6.45, 7) is 6.06. The Morgan fingerprint density at radius 3 is 2.06 bits per heavy atom. The van der Waals surface area contributed by atoms with Crippen molar-refractivity contribution in [2.75, 3.05) is 24.3 Å². The van der Waals surface area contributed by atoms with Crippen LogP contribution in [0.25, 0.3) is 0 Å². The van der Waals surface area contributed by atoms with Crippen molar-refractivity contribution >= 4 is 17.3 Å². The van der Waals surface area contributed by atoms with Gasteiger partial charge in [-0.05, 0) is 30.2 Å². The quantitative estimate of drug-likeness (QED) is 0.868. The van der Waals surface area contributed by atoms with Gasteiger partial charge >= 0.3 is 0 Å². The van der Waals surface area contributed by atoms with Gasteiger partial charge in [-0.3, -0.25) is 4.79 Å². The number of benzene rings is 1. The zero-order valence-electron chi connectivity index (χ0n) is 11.3. The van der Waals surface area contributed by atoms with E-state index in [9.17, 15) is 4.79 Å². The van der Waals surface area contributed by atoms with E-state index in [1.807, 2.05) is 50.2 Å². The van der Waals surface area contributed by atoms with Gasteiger partial charge in [-0.2, -0.15) is 0 Å². The van der Waals surface area contributed by atoms with Crippen molar-refractivity contribution in [1.82, 2.24) is 0 Å². The lowest BCUT2D eigenvalue weighted by Crippen LogP contribution is -2.24. The molecule has 3 heteroatoms. The SMILES string of the molecule is CC(C)C(C)C(=O)Nc1ccc(N(C)C)cc1. The molecular weight excluding hydrogens is 212 g/mol. The van der Waals surface area contributed by atoms with Crippen molar-refractivity contribution in [3.05, 3.63) is 24.3 Å². The average molecular weight is 234 g/mol. The van der Waals surface area contributed by atoms with E-state index in [4.69, 9.17) is 0 Å². The van der Waals surface area contributed by atoms with Crippen LogP contribution in [0.4, 0.5) is 11.4 Å². The molecule has 0 aliphatic rings. The minimum absolute atomic E-state index is 0.0310. The highest BCUT2D eigenvalue weighted by Crippen LogP contribution is 2.17. The van der Waals surface area contributed by atoms with Crippen LogP contribution in [0.1, 0.15) is 20.8 Å². The summed E-state index contributed by atoms with van der Waals surface area (Å²) in [7, 11) is 3.99. The van der Waals surface area contributed by atoms with Gasteiger partial charge in [-0.1, -0.05) is 20.8 Å². The summed E-state index contributed by atoms with van der Waals surface area (Å²) >= 11 is 0. The van der Waals surface area contributed by atoms with Crippen LogP contribution in [0, 0.1) is 11.8 Å². The van der Waals surface area contributed by atoms with Gasteiger partial charge in [0.2, 0.25) is 5.91 Å². The van der Waals surface area contributed by atoms with Gasteiger partial charge in [-0.25, -0.2) is 0 Å². The third kappa shape index (κ3) is 3.77. The number of anilines is 2. The first kappa shape index (κ1) is 13.6. The van der Waals surface area contributed by atoms with Crippen LogP contribution in [-0.2, 0) is 4.79 Å². The number of rotatable bonds is 4. The van der Waals surface area contributed by atoms with E-state index in [0.717, 1.165) is 11.4 Å². The molecule has 0 aliphatic carbocycles. The van der Waals surface area contributed by atoms with Crippen molar-refractivity contribution in [2.45, 2.75) is 20.8 Å². The van der Waals surface area contributed by atoms with Crippen LogP contribution in [0.3, 0.4) is 0 Å². The van der Waals surface area contributed by atoms with Crippen molar-refractivity contribution in [2.24, 2.45) is 11.8 Å². The minimum Gasteiger partial charge on any atom is -0.378 e. The third-order valence-electron chi connectivity index (χ3n) is 3.06. The Morgan fingerprint density at radius 2 is 1.65 bits per heavy atom. The molecule has 3 nitrogen and oxygen atoms in total. The molecule has 0 saturated carbocycles. The second kappa shape index (κ2) is 5.71. The molecule has 0 aliphatic heterocycles. The van der Waals surface area contributed by atoms with Crippen LogP contribution in [0.2, 0.25) is 0 Å². The van der Waals surface area contributed by atoms with Crippen molar-refractivity contribution < 1.29 is 4.79 Å². The van der Waals surface area contributed by atoms with Gasteiger partial charge in [0.05, 0.1) is 0 Å². The highest BCUT2D eigenvalue weighted by molar-refractivity contribution is 5.92. The predicted octanol–water partition coefficient (Wildman–Crippen LogP) is 2.98. The standard InChI is InChI=1S/C14H22N2O/c1-10(2)11(3)14(17)15-12-6-8-13(9-7-12)16(4)5/h6-11H,1-5H3,(H,15,17). The monoisotopic (exact) mass is 234 g/mol. The topological polar surface area (TPSA) is 32.3 Å². The largest absolute Gasteiger partial charge is 0.378 e. The molecule has 0 heterocycles. The molecule has 0 fully saturated rings. The van der Waals surface area contributed by atoms with E-state index in [0.29, 0.717) is 5.92 Å². The number of hydrogen-bond acceptors (Lipinski definition) is 2. The fourth-order valence-electron chi connectivity index (χ4n) is 1.40. The summed E-state index contributed by atoms with van der Waals surface area (Å²) in [6, 6.07) is 7.85. The van der Waals surface area contributed by atoms with Gasteiger partial charge in [0, 0.05) is 31.4 Å². The molecule has 0 saturated heterocycles. The van der Waals surface area contributed by atoms with E-state index in [1.54, 1.807) is 0 Å². The van der Waals surface area contributed by atoms with Gasteiger partial charge in [0.25, 0.3) is 0 Å². The van der Waals surface area contributed by atoms with E-state index < -0.39 is 0 Å². The van der Waals surface area contributed by atoms with Gasteiger partial charge in [-0.15, -0.1) is 0 Å². The van der Waals surface area contributed by atoms with Crippen LogP contribution >= 0.6 is 0 Å². The van der Waals surface area contributed by atoms with Crippen molar-refractivity contribution in [3.8, 4) is 0 Å². The first-order valence-corrected chi connectivity index (χ1v) is 6.00. The first-order chi connectivity index (χ1) is 7.91. The van der Waals surface area contributed by atoms with Crippen molar-refractivity contribution in [1.29, 1.82) is 0 Å². The lowest BCUT2D eigenvalue weighted by atomic mass is 9.97. The summed E-state index contributed by atoms with van der Waals surface area (Å²) in [4.78, 5) is 13.9. The van der Waals surface area contributed by atoms with E-state index in [1.165, 1.54) is 0 Å². The van der Waals surface area contributed by atoms with Gasteiger partial charge < -0.3 is 10.2 Å². The molecule has 94 valence electrons. The molecule has 1 atom stereocenters. The number of carbonyl (C=O) groups excluding carboxylic acids is 1. The lowest BCUT2D eigenvalue weighted by Gasteiger charge is -2.16. The fraction of sp³-hybridized carbons (Fsp3) is 0.500. The summed E-state index contributed by atoms with van der Waals surface area (Å²) in [5.41, 5.74) is 1.98. The van der Waals surface area contributed by atoms with E-state index >= 15 is 0 Å². The van der Waals surface area contributed by atoms with Gasteiger partial charge in [0.1, 0.15) is 0 Å². The molecule has 0 aromatic heterocycles. The van der Waals surface area contributed by atoms with E-state index in [2.05, 4.69) is 19.2 Å². The molecule has 0 spiro atoms. The maximum absolute atomic E-state index is 11.9. The molecule has 1 rings (SSSR count). The van der Waals surface area contributed by atoms with Gasteiger partial charge in [0.15, 0.2) is 0 Å². The normalized spacial score (nSPS) is 12.4. The minimum atomic E-state index is 0.0310. The molecule has 0 bridgehead atoms. The van der Waals surface area contributed by atoms with Crippen molar-refractivity contribution in [3.63, 3.8) is 0 Å². The molecule has 1 unspecified atom stereocenters. The number of nitrogens with one attached hydrogen (secondary N) is 1. The zero-order chi connectivity index (χ0) is 13.0. The van der Waals surface area contributed by atoms with Crippen LogP contribution in [-0.4, -0.2) is 20.0 Å². The Bertz CT molecular complexity index is 368. The number of hydrogen-bond donors (Lipinski definition) is 1. The molecule has 1 aromatic carbocycles. The maximum Gasteiger partial charge on any atom is 0.227 e. The summed E-state index contributed by atoms with van der Waals surface area (Å²) in [5, 5.41) is 2.93.